The molecule has 0 aliphatic heterocycles. The smallest absolute Gasteiger partial charge is 0.127 e. The van der Waals surface area contributed by atoms with Gasteiger partial charge in [-0.2, -0.15) is 0 Å². The van der Waals surface area contributed by atoms with Crippen molar-refractivity contribution in [2.24, 2.45) is 0 Å². The molecule has 0 saturated heterocycles. The summed E-state index contributed by atoms with van der Waals surface area (Å²) in [6.45, 7) is 0. The molecule has 0 radical (unpaired) electrons. The molecule has 98 valence electrons. The van der Waals surface area contributed by atoms with Crippen LogP contribution in [0.25, 0.3) is 0 Å². The SMILES string of the molecule is CN(C)c1ccc(C(C=O)Cc2ccccn2)cc1. The molecule has 1 aromatic carbocycles. The van der Waals surface area contributed by atoms with E-state index in [9.17, 15) is 4.79 Å². The number of hydrogen-bond acceptors (Lipinski definition) is 3. The first kappa shape index (κ1) is 13.3. The number of aromatic nitrogens is 1. The highest BCUT2D eigenvalue weighted by atomic mass is 16.1. The highest BCUT2D eigenvalue weighted by Gasteiger charge is 2.12. The van der Waals surface area contributed by atoms with Crippen LogP contribution in [0.15, 0.2) is 48.7 Å². The number of nitrogens with zero attached hydrogens (tertiary/aromatic N) is 2. The Morgan fingerprint density at radius 3 is 2.42 bits per heavy atom. The van der Waals surface area contributed by atoms with Gasteiger partial charge in [-0.3, -0.25) is 4.98 Å². The molecule has 2 rings (SSSR count). The van der Waals surface area contributed by atoms with Gasteiger partial charge in [0.25, 0.3) is 0 Å². The van der Waals surface area contributed by atoms with Crippen molar-refractivity contribution in [3.8, 4) is 0 Å². The Balaban J connectivity index is 2.15. The molecule has 3 nitrogen and oxygen atoms in total. The first-order valence-corrected chi connectivity index (χ1v) is 6.33. The molecule has 1 atom stereocenters. The zero-order valence-corrected chi connectivity index (χ0v) is 11.3. The molecule has 0 saturated carbocycles. The third kappa shape index (κ3) is 3.41. The number of carbonyl (C=O) groups excluding carboxylic acids is 1. The molecular formula is C16H18N2O. The molecule has 1 heterocycles. The average Bonchev–Trinajstić information content (AvgIpc) is 2.46. The topological polar surface area (TPSA) is 33.2 Å². The number of carbonyl (C=O) groups is 1. The van der Waals surface area contributed by atoms with Crippen LogP contribution in [0.5, 0.6) is 0 Å². The molecule has 1 aromatic heterocycles. The van der Waals surface area contributed by atoms with Gasteiger partial charge in [0.1, 0.15) is 6.29 Å². The number of pyridine rings is 1. The van der Waals surface area contributed by atoms with Gasteiger partial charge in [-0.25, -0.2) is 0 Å². The van der Waals surface area contributed by atoms with E-state index in [-0.39, 0.29) is 5.92 Å². The van der Waals surface area contributed by atoms with Crippen LogP contribution in [0.4, 0.5) is 5.69 Å². The van der Waals surface area contributed by atoms with E-state index in [0.29, 0.717) is 6.42 Å². The summed E-state index contributed by atoms with van der Waals surface area (Å²) >= 11 is 0. The molecular weight excluding hydrogens is 236 g/mol. The van der Waals surface area contributed by atoms with Crippen molar-refractivity contribution in [1.82, 2.24) is 4.98 Å². The monoisotopic (exact) mass is 254 g/mol. The molecule has 0 aliphatic carbocycles. The second-order valence-corrected chi connectivity index (χ2v) is 4.75. The van der Waals surface area contributed by atoms with Crippen LogP contribution in [0.3, 0.4) is 0 Å². The van der Waals surface area contributed by atoms with Crippen molar-refractivity contribution in [2.75, 3.05) is 19.0 Å². The van der Waals surface area contributed by atoms with Crippen molar-refractivity contribution < 1.29 is 4.79 Å². The van der Waals surface area contributed by atoms with Crippen molar-refractivity contribution in [3.63, 3.8) is 0 Å². The van der Waals surface area contributed by atoms with E-state index in [1.54, 1.807) is 6.20 Å². The molecule has 0 fully saturated rings. The van der Waals surface area contributed by atoms with Gasteiger partial charge in [-0.1, -0.05) is 18.2 Å². The summed E-state index contributed by atoms with van der Waals surface area (Å²) < 4.78 is 0. The van der Waals surface area contributed by atoms with E-state index in [2.05, 4.69) is 4.98 Å². The van der Waals surface area contributed by atoms with E-state index in [0.717, 1.165) is 23.2 Å². The maximum Gasteiger partial charge on any atom is 0.127 e. The Kier molecular flexibility index (Phi) is 4.29. The maximum atomic E-state index is 11.3. The van der Waals surface area contributed by atoms with E-state index in [1.807, 2.05) is 61.5 Å². The summed E-state index contributed by atoms with van der Waals surface area (Å²) in [7, 11) is 4.00. The maximum absolute atomic E-state index is 11.3. The van der Waals surface area contributed by atoms with Crippen LogP contribution in [-0.2, 0) is 11.2 Å². The molecule has 0 aliphatic rings. The Morgan fingerprint density at radius 2 is 1.89 bits per heavy atom. The number of aldehydes is 1. The van der Waals surface area contributed by atoms with Gasteiger partial charge in [-0.15, -0.1) is 0 Å². The Morgan fingerprint density at radius 1 is 1.16 bits per heavy atom. The van der Waals surface area contributed by atoms with Crippen LogP contribution in [0.1, 0.15) is 17.2 Å². The van der Waals surface area contributed by atoms with E-state index in [1.165, 1.54) is 0 Å². The lowest BCUT2D eigenvalue weighted by atomic mass is 9.95. The van der Waals surface area contributed by atoms with Crippen LogP contribution in [0, 0.1) is 0 Å². The van der Waals surface area contributed by atoms with Gasteiger partial charge in [0.15, 0.2) is 0 Å². The number of anilines is 1. The van der Waals surface area contributed by atoms with Crippen LogP contribution in [0.2, 0.25) is 0 Å². The third-order valence-corrected chi connectivity index (χ3v) is 3.16. The van der Waals surface area contributed by atoms with Gasteiger partial charge in [0.2, 0.25) is 0 Å². The van der Waals surface area contributed by atoms with Gasteiger partial charge in [0, 0.05) is 44.0 Å². The lowest BCUT2D eigenvalue weighted by molar-refractivity contribution is -0.109. The summed E-state index contributed by atoms with van der Waals surface area (Å²) in [4.78, 5) is 17.6. The minimum absolute atomic E-state index is 0.133. The minimum Gasteiger partial charge on any atom is -0.378 e. The van der Waals surface area contributed by atoms with E-state index in [4.69, 9.17) is 0 Å². The van der Waals surface area contributed by atoms with E-state index < -0.39 is 0 Å². The summed E-state index contributed by atoms with van der Waals surface area (Å²) in [6.07, 6.45) is 3.40. The molecule has 0 amide bonds. The second kappa shape index (κ2) is 6.14. The van der Waals surface area contributed by atoms with Crippen molar-refractivity contribution in [3.05, 3.63) is 59.9 Å². The lowest BCUT2D eigenvalue weighted by Crippen LogP contribution is -2.09. The molecule has 19 heavy (non-hydrogen) atoms. The molecule has 2 aromatic rings. The third-order valence-electron chi connectivity index (χ3n) is 3.16. The zero-order valence-electron chi connectivity index (χ0n) is 11.3. The molecule has 0 bridgehead atoms. The van der Waals surface area contributed by atoms with Gasteiger partial charge < -0.3 is 9.69 Å². The highest BCUT2D eigenvalue weighted by Crippen LogP contribution is 2.21. The van der Waals surface area contributed by atoms with Gasteiger partial charge in [0.05, 0.1) is 0 Å². The molecule has 1 unspecified atom stereocenters. The summed E-state index contributed by atoms with van der Waals surface area (Å²) in [6, 6.07) is 13.9. The first-order valence-electron chi connectivity index (χ1n) is 6.33. The summed E-state index contributed by atoms with van der Waals surface area (Å²) in [5.74, 6) is -0.133. The van der Waals surface area contributed by atoms with E-state index >= 15 is 0 Å². The molecule has 0 N–H and O–H groups in total. The van der Waals surface area contributed by atoms with Crippen molar-refractivity contribution in [1.29, 1.82) is 0 Å². The second-order valence-electron chi connectivity index (χ2n) is 4.75. The van der Waals surface area contributed by atoms with Crippen molar-refractivity contribution in [2.45, 2.75) is 12.3 Å². The predicted molar refractivity (Wildman–Crippen MR) is 77.5 cm³/mol. The number of hydrogen-bond donors (Lipinski definition) is 0. The average molecular weight is 254 g/mol. The number of rotatable bonds is 5. The Labute approximate surface area is 113 Å². The van der Waals surface area contributed by atoms with Gasteiger partial charge >= 0.3 is 0 Å². The normalized spacial score (nSPS) is 11.9. The quantitative estimate of drug-likeness (QED) is 0.769. The Bertz CT molecular complexity index is 520. The molecule has 0 spiro atoms. The summed E-state index contributed by atoms with van der Waals surface area (Å²) in [5.41, 5.74) is 3.11. The van der Waals surface area contributed by atoms with Crippen molar-refractivity contribution >= 4 is 12.0 Å². The fourth-order valence-electron chi connectivity index (χ4n) is 2.01. The summed E-state index contributed by atoms with van der Waals surface area (Å²) in [5, 5.41) is 0. The standard InChI is InChI=1S/C16H18N2O/c1-18(2)16-8-6-13(7-9-16)14(12-19)11-15-5-3-4-10-17-15/h3-10,12,14H,11H2,1-2H3. The fraction of sp³-hybridized carbons (Fsp3) is 0.250. The Hall–Kier alpha value is -2.16. The van der Waals surface area contributed by atoms with Crippen LogP contribution in [-0.4, -0.2) is 25.4 Å². The first-order chi connectivity index (χ1) is 9.20. The van der Waals surface area contributed by atoms with Crippen LogP contribution >= 0.6 is 0 Å². The predicted octanol–water partition coefficient (Wildman–Crippen LogP) is 2.67. The number of benzene rings is 1. The fourth-order valence-corrected chi connectivity index (χ4v) is 2.01. The van der Waals surface area contributed by atoms with Crippen LogP contribution < -0.4 is 4.90 Å². The minimum atomic E-state index is -0.133. The molecule has 3 heteroatoms. The van der Waals surface area contributed by atoms with Gasteiger partial charge in [-0.05, 0) is 29.8 Å². The highest BCUT2D eigenvalue weighted by molar-refractivity contribution is 5.63. The largest absolute Gasteiger partial charge is 0.378 e. The lowest BCUT2D eigenvalue weighted by Gasteiger charge is -2.15. The zero-order chi connectivity index (χ0) is 13.7.